The number of hydrogen-bond acceptors (Lipinski definition) is 5. The van der Waals surface area contributed by atoms with E-state index in [4.69, 9.17) is 9.47 Å². The van der Waals surface area contributed by atoms with Crippen molar-refractivity contribution < 1.29 is 19.1 Å². The van der Waals surface area contributed by atoms with Gasteiger partial charge in [0.05, 0.1) is 13.7 Å². The second-order valence-corrected chi connectivity index (χ2v) is 8.44. The summed E-state index contributed by atoms with van der Waals surface area (Å²) in [6, 6.07) is 10.1. The van der Waals surface area contributed by atoms with Crippen LogP contribution in [-0.2, 0) is 16.1 Å². The maximum Gasteiger partial charge on any atom is 0.257 e. The molecule has 2 fully saturated rings. The van der Waals surface area contributed by atoms with Crippen molar-refractivity contribution in [2.45, 2.75) is 50.9 Å². The lowest BCUT2D eigenvalue weighted by Gasteiger charge is -2.43. The van der Waals surface area contributed by atoms with Gasteiger partial charge in [-0.3, -0.25) is 19.5 Å². The van der Waals surface area contributed by atoms with E-state index in [1.54, 1.807) is 48.7 Å². The predicted octanol–water partition coefficient (Wildman–Crippen LogP) is 3.15. The van der Waals surface area contributed by atoms with Crippen molar-refractivity contribution in [1.82, 2.24) is 15.2 Å². The van der Waals surface area contributed by atoms with Crippen molar-refractivity contribution in [3.8, 4) is 5.75 Å². The molecule has 2 heterocycles. The Hall–Kier alpha value is -2.93. The Morgan fingerprint density at radius 3 is 2.77 bits per heavy atom. The quantitative estimate of drug-likeness (QED) is 0.799. The van der Waals surface area contributed by atoms with Crippen molar-refractivity contribution >= 4 is 11.8 Å². The summed E-state index contributed by atoms with van der Waals surface area (Å²) in [5.74, 6) is 0.777. The Morgan fingerprint density at radius 1 is 1.26 bits per heavy atom. The van der Waals surface area contributed by atoms with Crippen LogP contribution in [0.3, 0.4) is 0 Å². The largest absolute Gasteiger partial charge is 0.497 e. The third-order valence-electron chi connectivity index (χ3n) is 6.34. The Bertz CT molecular complexity index is 925. The lowest BCUT2D eigenvalue weighted by molar-refractivity contribution is -0.128. The fraction of sp³-hybridized carbons (Fsp3) is 0.458. The zero-order valence-corrected chi connectivity index (χ0v) is 18.0. The summed E-state index contributed by atoms with van der Waals surface area (Å²) in [5, 5.41) is 2.95. The normalized spacial score (nSPS) is 25.4. The molecule has 7 nitrogen and oxygen atoms in total. The first-order chi connectivity index (χ1) is 15.0. The van der Waals surface area contributed by atoms with E-state index in [1.165, 1.54) is 0 Å². The molecule has 1 unspecified atom stereocenters. The molecule has 1 atom stereocenters. The van der Waals surface area contributed by atoms with Crippen molar-refractivity contribution in [2.75, 3.05) is 13.7 Å². The van der Waals surface area contributed by atoms with Crippen LogP contribution in [0, 0.1) is 5.92 Å². The van der Waals surface area contributed by atoms with E-state index in [9.17, 15) is 9.59 Å². The van der Waals surface area contributed by atoms with Gasteiger partial charge in [0, 0.05) is 24.5 Å². The van der Waals surface area contributed by atoms with Crippen LogP contribution in [0.4, 0.5) is 0 Å². The first kappa shape index (κ1) is 21.3. The average Bonchev–Trinajstić information content (AvgIpc) is 3.18. The van der Waals surface area contributed by atoms with E-state index >= 15 is 0 Å². The number of nitrogens with one attached hydrogen (secondary N) is 1. The van der Waals surface area contributed by atoms with Gasteiger partial charge >= 0.3 is 0 Å². The van der Waals surface area contributed by atoms with E-state index in [0.717, 1.165) is 31.2 Å². The number of nitrogens with zero attached hydrogens (tertiary/aromatic N) is 2. The number of pyridine rings is 1. The summed E-state index contributed by atoms with van der Waals surface area (Å²) < 4.78 is 11.5. The number of rotatable bonds is 5. The van der Waals surface area contributed by atoms with Crippen LogP contribution in [0.1, 0.15) is 48.5 Å². The summed E-state index contributed by atoms with van der Waals surface area (Å²) in [6.07, 6.45) is 6.80. The van der Waals surface area contributed by atoms with Gasteiger partial charge in [-0.1, -0.05) is 19.1 Å². The number of benzene rings is 1. The molecule has 1 saturated carbocycles. The highest BCUT2D eigenvalue weighted by atomic mass is 16.5. The van der Waals surface area contributed by atoms with Crippen LogP contribution < -0.4 is 10.1 Å². The number of ether oxygens (including phenoxy) is 2. The van der Waals surface area contributed by atoms with Gasteiger partial charge in [-0.05, 0) is 61.4 Å². The van der Waals surface area contributed by atoms with Crippen molar-refractivity contribution in [2.24, 2.45) is 5.92 Å². The maximum atomic E-state index is 13.7. The average molecular weight is 424 g/mol. The van der Waals surface area contributed by atoms with Crippen LogP contribution >= 0.6 is 0 Å². The van der Waals surface area contributed by atoms with Gasteiger partial charge in [0.25, 0.3) is 5.91 Å². The Kier molecular flexibility index (Phi) is 6.23. The molecule has 1 spiro atoms. The zero-order valence-electron chi connectivity index (χ0n) is 18.0. The van der Waals surface area contributed by atoms with Crippen molar-refractivity contribution in [3.05, 3.63) is 59.9 Å². The molecule has 1 aliphatic carbocycles. The summed E-state index contributed by atoms with van der Waals surface area (Å²) in [5.41, 5.74) is 0.665. The number of amides is 2. The Labute approximate surface area is 182 Å². The Morgan fingerprint density at radius 2 is 2.06 bits per heavy atom. The molecule has 1 N–H and O–H groups in total. The fourth-order valence-electron chi connectivity index (χ4n) is 4.49. The number of carbonyl (C=O) groups is 2. The zero-order chi connectivity index (χ0) is 21.8. The van der Waals surface area contributed by atoms with Crippen molar-refractivity contribution in [1.29, 1.82) is 0 Å². The van der Waals surface area contributed by atoms with Crippen LogP contribution in [0.2, 0.25) is 0 Å². The van der Waals surface area contributed by atoms with Gasteiger partial charge in [0.1, 0.15) is 17.5 Å². The van der Waals surface area contributed by atoms with Crippen LogP contribution in [0.5, 0.6) is 5.75 Å². The smallest absolute Gasteiger partial charge is 0.257 e. The Balaban J connectivity index is 1.59. The van der Waals surface area contributed by atoms with Crippen LogP contribution in [0.15, 0.2) is 48.8 Å². The third kappa shape index (κ3) is 4.42. The molecular weight excluding hydrogens is 394 g/mol. The van der Waals surface area contributed by atoms with Crippen LogP contribution in [0.25, 0.3) is 0 Å². The second-order valence-electron chi connectivity index (χ2n) is 8.44. The minimum Gasteiger partial charge on any atom is -0.497 e. The molecule has 164 valence electrons. The SMILES string of the molecule is COc1cccc(C(=O)N2C(C(=O)NCc3cccnc3)COC23CCC(C)CC3)c1. The van der Waals surface area contributed by atoms with E-state index < -0.39 is 11.8 Å². The number of hydrogen-bond donors (Lipinski definition) is 1. The minimum absolute atomic E-state index is 0.197. The minimum atomic E-state index is -0.733. The highest BCUT2D eigenvalue weighted by Crippen LogP contribution is 2.43. The summed E-state index contributed by atoms with van der Waals surface area (Å²) in [7, 11) is 1.57. The van der Waals surface area contributed by atoms with Gasteiger partial charge in [-0.2, -0.15) is 0 Å². The van der Waals surface area contributed by atoms with E-state index in [1.807, 2.05) is 12.1 Å². The summed E-state index contributed by atoms with van der Waals surface area (Å²) in [6.45, 7) is 2.77. The molecule has 0 radical (unpaired) electrons. The van der Waals surface area contributed by atoms with Gasteiger partial charge in [-0.15, -0.1) is 0 Å². The van der Waals surface area contributed by atoms with E-state index in [-0.39, 0.29) is 18.4 Å². The topological polar surface area (TPSA) is 80.8 Å². The maximum absolute atomic E-state index is 13.7. The lowest BCUT2D eigenvalue weighted by atomic mass is 9.83. The van der Waals surface area contributed by atoms with Gasteiger partial charge < -0.3 is 14.8 Å². The molecule has 1 aromatic heterocycles. The molecule has 1 saturated heterocycles. The molecule has 2 aliphatic rings. The third-order valence-corrected chi connectivity index (χ3v) is 6.34. The van der Waals surface area contributed by atoms with Gasteiger partial charge in [0.15, 0.2) is 0 Å². The highest BCUT2D eigenvalue weighted by molar-refractivity contribution is 5.98. The van der Waals surface area contributed by atoms with E-state index in [2.05, 4.69) is 17.2 Å². The molecule has 31 heavy (non-hydrogen) atoms. The number of methoxy groups -OCH3 is 1. The molecule has 0 bridgehead atoms. The monoisotopic (exact) mass is 423 g/mol. The molecule has 7 heteroatoms. The van der Waals surface area contributed by atoms with Gasteiger partial charge in [-0.25, -0.2) is 0 Å². The van der Waals surface area contributed by atoms with Crippen molar-refractivity contribution in [3.63, 3.8) is 0 Å². The number of aromatic nitrogens is 1. The number of carbonyl (C=O) groups excluding carboxylic acids is 2. The first-order valence-corrected chi connectivity index (χ1v) is 10.8. The molecule has 1 aliphatic heterocycles. The molecule has 2 amide bonds. The standard InChI is InChI=1S/C24H29N3O4/c1-17-8-10-24(11-9-17)27(23(29)19-6-3-7-20(13-19)30-2)21(16-31-24)22(28)26-15-18-5-4-12-25-14-18/h3-7,12-14,17,21H,8-11,15-16H2,1-2H3,(H,26,28). The highest BCUT2D eigenvalue weighted by Gasteiger charge is 2.53. The summed E-state index contributed by atoms with van der Waals surface area (Å²) >= 11 is 0. The predicted molar refractivity (Wildman–Crippen MR) is 115 cm³/mol. The molecule has 2 aromatic rings. The molecule has 4 rings (SSSR count). The first-order valence-electron chi connectivity index (χ1n) is 10.8. The van der Waals surface area contributed by atoms with E-state index in [0.29, 0.717) is 23.8 Å². The molecule has 1 aromatic carbocycles. The fourth-order valence-corrected chi connectivity index (χ4v) is 4.49. The molecular formula is C24H29N3O4. The van der Waals surface area contributed by atoms with Crippen LogP contribution in [-0.4, -0.2) is 47.2 Å². The second kappa shape index (κ2) is 9.06. The summed E-state index contributed by atoms with van der Waals surface area (Å²) in [4.78, 5) is 32.6. The lowest BCUT2D eigenvalue weighted by Crippen LogP contribution is -2.56. The van der Waals surface area contributed by atoms with Gasteiger partial charge in [0.2, 0.25) is 5.91 Å².